The van der Waals surface area contributed by atoms with E-state index >= 15 is 0 Å². The molecule has 27 heavy (non-hydrogen) atoms. The van der Waals surface area contributed by atoms with E-state index in [0.717, 1.165) is 31.5 Å². The number of nitrogens with one attached hydrogen (secondary N) is 2. The van der Waals surface area contributed by atoms with Crippen LogP contribution in [0, 0.1) is 5.92 Å². The van der Waals surface area contributed by atoms with Crippen molar-refractivity contribution in [2.75, 3.05) is 20.1 Å². The number of amides is 1. The Bertz CT molecular complexity index is 978. The van der Waals surface area contributed by atoms with Gasteiger partial charge in [0.05, 0.1) is 0 Å². The van der Waals surface area contributed by atoms with Crippen molar-refractivity contribution in [2.45, 2.75) is 24.8 Å². The van der Waals surface area contributed by atoms with E-state index < -0.39 is 0 Å². The molecule has 1 aliphatic carbocycles. The number of H-pyrrole nitrogens is 1. The van der Waals surface area contributed by atoms with Gasteiger partial charge in [0, 0.05) is 47.7 Å². The molecule has 0 spiro atoms. The number of nitrogens with zero attached hydrogens (tertiary/aromatic N) is 1. The van der Waals surface area contributed by atoms with Crippen LogP contribution in [0.25, 0.3) is 10.9 Å². The van der Waals surface area contributed by atoms with Gasteiger partial charge in [-0.2, -0.15) is 0 Å². The molecule has 1 fully saturated rings. The summed E-state index contributed by atoms with van der Waals surface area (Å²) in [5.74, 6) is 1.04. The fraction of sp³-hybridized carbons (Fsp3) is 0.348. The number of rotatable bonds is 3. The highest BCUT2D eigenvalue weighted by molar-refractivity contribution is 5.94. The second-order valence-corrected chi connectivity index (χ2v) is 8.08. The molecule has 3 aromatic rings. The lowest BCUT2D eigenvalue weighted by molar-refractivity contribution is 0.0891. The van der Waals surface area contributed by atoms with Crippen LogP contribution in [0.1, 0.15) is 33.8 Å². The molecule has 0 unspecified atom stereocenters. The SMILES string of the molecule is CN1C[C@H](CNC(=O)c2ccccc2)C[C@@H]2c3cccc4[nH]cc(c34)C[C@H]21. The molecule has 138 valence electrons. The molecule has 4 heteroatoms. The van der Waals surface area contributed by atoms with E-state index in [1.807, 2.05) is 30.3 Å². The first-order valence-electron chi connectivity index (χ1n) is 9.83. The molecule has 1 aliphatic heterocycles. The lowest BCUT2D eigenvalue weighted by atomic mass is 9.72. The van der Waals surface area contributed by atoms with Crippen molar-refractivity contribution in [2.24, 2.45) is 5.92 Å². The minimum absolute atomic E-state index is 0.0269. The number of likely N-dealkylation sites (N-methyl/N-ethyl adjacent to an activating group) is 1. The van der Waals surface area contributed by atoms with Gasteiger partial charge < -0.3 is 15.2 Å². The molecule has 2 aromatic carbocycles. The Labute approximate surface area is 159 Å². The van der Waals surface area contributed by atoms with Gasteiger partial charge in [-0.15, -0.1) is 0 Å². The highest BCUT2D eigenvalue weighted by Crippen LogP contribution is 2.44. The van der Waals surface area contributed by atoms with E-state index in [1.165, 1.54) is 22.0 Å². The van der Waals surface area contributed by atoms with Crippen LogP contribution in [0.2, 0.25) is 0 Å². The van der Waals surface area contributed by atoms with Crippen LogP contribution < -0.4 is 5.32 Å². The number of aromatic amines is 1. The first-order valence-corrected chi connectivity index (χ1v) is 9.83. The Hall–Kier alpha value is -2.59. The van der Waals surface area contributed by atoms with Crippen molar-refractivity contribution < 1.29 is 4.79 Å². The van der Waals surface area contributed by atoms with Crippen LogP contribution >= 0.6 is 0 Å². The molecule has 1 aromatic heterocycles. The van der Waals surface area contributed by atoms with Crippen molar-refractivity contribution in [3.05, 3.63) is 71.4 Å². The smallest absolute Gasteiger partial charge is 0.251 e. The summed E-state index contributed by atoms with van der Waals surface area (Å²) in [6.45, 7) is 1.77. The number of aromatic nitrogens is 1. The largest absolute Gasteiger partial charge is 0.361 e. The monoisotopic (exact) mass is 359 g/mol. The van der Waals surface area contributed by atoms with E-state index in [4.69, 9.17) is 0 Å². The average Bonchev–Trinajstić information content (AvgIpc) is 3.12. The third-order valence-corrected chi connectivity index (χ3v) is 6.40. The summed E-state index contributed by atoms with van der Waals surface area (Å²) in [7, 11) is 2.24. The molecule has 0 bridgehead atoms. The maximum Gasteiger partial charge on any atom is 0.251 e. The Morgan fingerprint density at radius 2 is 2.04 bits per heavy atom. The maximum atomic E-state index is 12.4. The number of hydrogen-bond acceptors (Lipinski definition) is 2. The molecule has 2 N–H and O–H groups in total. The summed E-state index contributed by atoms with van der Waals surface area (Å²) in [6.07, 6.45) is 4.43. The molecule has 5 rings (SSSR count). The summed E-state index contributed by atoms with van der Waals surface area (Å²) in [4.78, 5) is 18.3. The van der Waals surface area contributed by atoms with Crippen LogP contribution in [0.5, 0.6) is 0 Å². The Balaban J connectivity index is 1.35. The highest BCUT2D eigenvalue weighted by atomic mass is 16.1. The summed E-state index contributed by atoms with van der Waals surface area (Å²) in [5.41, 5.74) is 4.91. The average molecular weight is 359 g/mol. The van der Waals surface area contributed by atoms with Crippen molar-refractivity contribution in [3.8, 4) is 0 Å². The predicted octanol–water partition coefficient (Wildman–Crippen LogP) is 3.56. The number of carbonyl (C=O) groups is 1. The fourth-order valence-electron chi connectivity index (χ4n) is 5.13. The van der Waals surface area contributed by atoms with Crippen LogP contribution in [0.15, 0.2) is 54.7 Å². The summed E-state index contributed by atoms with van der Waals surface area (Å²) in [5, 5.41) is 4.58. The number of benzene rings is 2. The third kappa shape index (κ3) is 2.85. The summed E-state index contributed by atoms with van der Waals surface area (Å²) >= 11 is 0. The minimum atomic E-state index is 0.0269. The van der Waals surface area contributed by atoms with E-state index in [2.05, 4.69) is 46.6 Å². The van der Waals surface area contributed by atoms with Gasteiger partial charge in [-0.3, -0.25) is 4.79 Å². The second-order valence-electron chi connectivity index (χ2n) is 8.08. The van der Waals surface area contributed by atoms with Crippen molar-refractivity contribution in [3.63, 3.8) is 0 Å². The molecule has 0 saturated carbocycles. The van der Waals surface area contributed by atoms with Crippen molar-refractivity contribution in [1.82, 2.24) is 15.2 Å². The molecular formula is C23H25N3O. The topological polar surface area (TPSA) is 48.1 Å². The molecule has 0 radical (unpaired) electrons. The molecular weight excluding hydrogens is 334 g/mol. The van der Waals surface area contributed by atoms with Crippen LogP contribution in [0.3, 0.4) is 0 Å². The second kappa shape index (κ2) is 6.54. The van der Waals surface area contributed by atoms with Gasteiger partial charge in [-0.05, 0) is 55.1 Å². The van der Waals surface area contributed by atoms with E-state index in [9.17, 15) is 4.79 Å². The van der Waals surface area contributed by atoms with Gasteiger partial charge in [-0.1, -0.05) is 30.3 Å². The van der Waals surface area contributed by atoms with E-state index in [1.54, 1.807) is 0 Å². The third-order valence-electron chi connectivity index (χ3n) is 6.40. The zero-order valence-electron chi connectivity index (χ0n) is 15.6. The maximum absolute atomic E-state index is 12.4. The first-order chi connectivity index (χ1) is 13.2. The van der Waals surface area contributed by atoms with Gasteiger partial charge >= 0.3 is 0 Å². The molecule has 1 amide bonds. The zero-order chi connectivity index (χ0) is 18.4. The number of hydrogen-bond donors (Lipinski definition) is 2. The summed E-state index contributed by atoms with van der Waals surface area (Å²) < 4.78 is 0. The summed E-state index contributed by atoms with van der Waals surface area (Å²) in [6, 6.07) is 16.7. The first kappa shape index (κ1) is 16.6. The number of piperidine rings is 1. The van der Waals surface area contributed by atoms with Gasteiger partial charge in [0.15, 0.2) is 0 Å². The fourth-order valence-corrected chi connectivity index (χ4v) is 5.13. The Morgan fingerprint density at radius 3 is 2.89 bits per heavy atom. The normalized spacial score (nSPS) is 24.6. The lowest BCUT2D eigenvalue weighted by Gasteiger charge is -2.45. The Kier molecular flexibility index (Phi) is 4.01. The predicted molar refractivity (Wildman–Crippen MR) is 108 cm³/mol. The number of likely N-dealkylation sites (tertiary alicyclic amines) is 1. The quantitative estimate of drug-likeness (QED) is 0.751. The van der Waals surface area contributed by atoms with Crippen LogP contribution in [-0.4, -0.2) is 42.0 Å². The van der Waals surface area contributed by atoms with Crippen LogP contribution in [0.4, 0.5) is 0 Å². The lowest BCUT2D eigenvalue weighted by Crippen LogP contribution is -2.50. The molecule has 3 atom stereocenters. The number of carbonyl (C=O) groups excluding carboxylic acids is 1. The number of fused-ring (bicyclic) bond motifs is 2. The van der Waals surface area contributed by atoms with Gasteiger partial charge in [-0.25, -0.2) is 0 Å². The van der Waals surface area contributed by atoms with Crippen molar-refractivity contribution in [1.29, 1.82) is 0 Å². The van der Waals surface area contributed by atoms with E-state index in [-0.39, 0.29) is 5.91 Å². The van der Waals surface area contributed by atoms with Gasteiger partial charge in [0.25, 0.3) is 5.91 Å². The molecule has 1 saturated heterocycles. The highest BCUT2D eigenvalue weighted by Gasteiger charge is 2.39. The van der Waals surface area contributed by atoms with Crippen molar-refractivity contribution >= 4 is 16.8 Å². The van der Waals surface area contributed by atoms with Gasteiger partial charge in [0.2, 0.25) is 0 Å². The Morgan fingerprint density at radius 1 is 1.19 bits per heavy atom. The zero-order valence-corrected chi connectivity index (χ0v) is 15.6. The molecule has 2 heterocycles. The van der Waals surface area contributed by atoms with E-state index in [0.29, 0.717) is 17.9 Å². The van der Waals surface area contributed by atoms with Gasteiger partial charge in [0.1, 0.15) is 0 Å². The van der Waals surface area contributed by atoms with Crippen LogP contribution in [-0.2, 0) is 6.42 Å². The standard InChI is InChI=1S/C23H25N3O/c1-26-14-15(12-25-23(27)16-6-3-2-4-7-16)10-19-18-8-5-9-20-22(18)17(13-24-20)11-21(19)26/h2-9,13,15,19,21,24H,10-12,14H2,1H3,(H,25,27)/t15-,19+,21+/m0/s1. The minimum Gasteiger partial charge on any atom is -0.361 e. The molecule has 4 nitrogen and oxygen atoms in total. The molecule has 2 aliphatic rings.